The van der Waals surface area contributed by atoms with Crippen LogP contribution >= 0.6 is 0 Å². The fourth-order valence-corrected chi connectivity index (χ4v) is 4.58. The fourth-order valence-electron chi connectivity index (χ4n) is 3.82. The van der Waals surface area contributed by atoms with Crippen LogP contribution in [0.5, 0.6) is 0 Å². The molecule has 0 atom stereocenters. The average Bonchev–Trinajstić information content (AvgIpc) is 3.34. The van der Waals surface area contributed by atoms with Crippen LogP contribution in [0.1, 0.15) is 12.0 Å². The maximum atomic E-state index is 9.71. The summed E-state index contributed by atoms with van der Waals surface area (Å²) >= 11 is 0. The molecule has 0 spiro atoms. The predicted molar refractivity (Wildman–Crippen MR) is 121 cm³/mol. The van der Waals surface area contributed by atoms with E-state index in [1.807, 2.05) is 27.7 Å². The van der Waals surface area contributed by atoms with Crippen LogP contribution in [0.25, 0.3) is 22.2 Å². The maximum Gasteiger partial charge on any atom is 0.142 e. The van der Waals surface area contributed by atoms with Gasteiger partial charge in [-0.2, -0.15) is 15.6 Å². The Labute approximate surface area is 183 Å². The van der Waals surface area contributed by atoms with Gasteiger partial charge in [-0.15, -0.1) is 0 Å². The Morgan fingerprint density at radius 3 is 2.71 bits per heavy atom. The van der Waals surface area contributed by atoms with Crippen molar-refractivity contribution in [2.24, 2.45) is 0 Å². The highest BCUT2D eigenvalue weighted by Gasteiger charge is 2.39. The zero-order valence-corrected chi connectivity index (χ0v) is 19.2. The van der Waals surface area contributed by atoms with Crippen LogP contribution in [-0.4, -0.2) is 47.1 Å². The molecule has 160 valence electrons. The van der Waals surface area contributed by atoms with Crippen molar-refractivity contribution in [1.82, 2.24) is 24.6 Å². The zero-order valence-electron chi connectivity index (χ0n) is 18.2. The molecule has 1 aliphatic rings. The third-order valence-corrected chi connectivity index (χ3v) is 7.51. The average molecular weight is 434 g/mol. The number of nitrogens with zero attached hydrogens (tertiary/aromatic N) is 6. The molecule has 3 aromatic rings. The molecular formula is C22H27N7OSi. The zero-order chi connectivity index (χ0) is 22.1. The van der Waals surface area contributed by atoms with Crippen molar-refractivity contribution in [3.05, 3.63) is 36.4 Å². The quantitative estimate of drug-likeness (QED) is 0.432. The summed E-state index contributed by atoms with van der Waals surface area (Å²) in [5, 5.41) is 27.6. The molecule has 1 N–H and O–H groups in total. The second kappa shape index (κ2) is 8.27. The topological polar surface area (TPSA) is 104 Å². The summed E-state index contributed by atoms with van der Waals surface area (Å²) in [6.45, 7) is 9.59. The number of pyridine rings is 1. The molecule has 0 amide bonds. The van der Waals surface area contributed by atoms with Crippen molar-refractivity contribution in [3.63, 3.8) is 0 Å². The summed E-state index contributed by atoms with van der Waals surface area (Å²) in [4.78, 5) is 4.53. The van der Waals surface area contributed by atoms with Crippen LogP contribution in [0.15, 0.2) is 30.9 Å². The molecule has 31 heavy (non-hydrogen) atoms. The summed E-state index contributed by atoms with van der Waals surface area (Å²) < 4.78 is 9.74. The molecular weight excluding hydrogens is 406 g/mol. The van der Waals surface area contributed by atoms with Gasteiger partial charge < -0.3 is 14.6 Å². The number of rotatable bonds is 8. The van der Waals surface area contributed by atoms with E-state index in [1.54, 1.807) is 12.4 Å². The Bertz CT molecular complexity index is 1170. The number of fused-ring (bicyclic) bond motifs is 1. The second-order valence-corrected chi connectivity index (χ2v) is 15.0. The largest absolute Gasteiger partial charge is 0.361 e. The maximum absolute atomic E-state index is 9.71. The van der Waals surface area contributed by atoms with Crippen molar-refractivity contribution >= 4 is 19.1 Å². The van der Waals surface area contributed by atoms with E-state index in [1.165, 1.54) is 0 Å². The van der Waals surface area contributed by atoms with Gasteiger partial charge in [-0.3, -0.25) is 4.68 Å². The van der Waals surface area contributed by atoms with Gasteiger partial charge in [-0.05, 0) is 12.1 Å². The Kier molecular flexibility index (Phi) is 5.67. The van der Waals surface area contributed by atoms with Crippen LogP contribution in [0.4, 0.5) is 0 Å². The van der Waals surface area contributed by atoms with Gasteiger partial charge >= 0.3 is 0 Å². The lowest BCUT2D eigenvalue weighted by Crippen LogP contribution is -2.60. The summed E-state index contributed by atoms with van der Waals surface area (Å²) in [6.07, 6.45) is 7.67. The van der Waals surface area contributed by atoms with Crippen LogP contribution in [0.3, 0.4) is 0 Å². The molecule has 1 aliphatic heterocycles. The number of nitriles is 2. The minimum absolute atomic E-state index is 0.317. The van der Waals surface area contributed by atoms with Gasteiger partial charge in [0, 0.05) is 62.9 Å². The van der Waals surface area contributed by atoms with Crippen molar-refractivity contribution in [2.45, 2.75) is 44.4 Å². The van der Waals surface area contributed by atoms with E-state index >= 15 is 0 Å². The highest BCUT2D eigenvalue weighted by atomic mass is 28.3. The second-order valence-electron chi connectivity index (χ2n) is 9.37. The Morgan fingerprint density at radius 1 is 1.26 bits per heavy atom. The summed E-state index contributed by atoms with van der Waals surface area (Å²) in [7, 11) is -1.14. The molecule has 0 radical (unpaired) electrons. The van der Waals surface area contributed by atoms with E-state index in [-0.39, 0.29) is 5.54 Å². The van der Waals surface area contributed by atoms with E-state index in [4.69, 9.17) is 4.74 Å². The summed E-state index contributed by atoms with van der Waals surface area (Å²) in [6, 6.07) is 7.63. The molecule has 1 fully saturated rings. The van der Waals surface area contributed by atoms with E-state index in [0.717, 1.165) is 34.8 Å². The molecule has 1 saturated heterocycles. The summed E-state index contributed by atoms with van der Waals surface area (Å²) in [5.41, 5.74) is 2.64. The van der Waals surface area contributed by atoms with Crippen molar-refractivity contribution < 1.29 is 4.74 Å². The standard InChI is InChI=1S/C22H27N7OSi/c1-31(2,3)9-8-30-16-28-7-4-19-20(17(10-24)11-26-21(19)28)18-12-27-29(13-18)22(5-6-23)14-25-15-22/h4,7,11-13,25H,5,8-9,14-16H2,1-3H3. The first-order valence-corrected chi connectivity index (χ1v) is 14.2. The number of ether oxygens (including phenoxy) is 1. The van der Waals surface area contributed by atoms with Gasteiger partial charge in [0.05, 0.1) is 24.3 Å². The third-order valence-electron chi connectivity index (χ3n) is 5.81. The lowest BCUT2D eigenvalue weighted by molar-refractivity contribution is 0.0899. The highest BCUT2D eigenvalue weighted by Crippen LogP contribution is 2.33. The predicted octanol–water partition coefficient (Wildman–Crippen LogP) is 3.30. The SMILES string of the molecule is C[Si](C)(C)CCOCn1ccc2c(-c3cnn(C4(CC#N)CNC4)c3)c(C#N)cnc21. The first kappa shape index (κ1) is 21.3. The van der Waals surface area contributed by atoms with Crippen molar-refractivity contribution in [2.75, 3.05) is 19.7 Å². The van der Waals surface area contributed by atoms with E-state index < -0.39 is 8.07 Å². The normalized spacial score (nSPS) is 15.4. The van der Waals surface area contributed by atoms with Crippen molar-refractivity contribution in [1.29, 1.82) is 10.5 Å². The lowest BCUT2D eigenvalue weighted by Gasteiger charge is -2.41. The fraction of sp³-hybridized carbons (Fsp3) is 0.455. The van der Waals surface area contributed by atoms with Crippen LogP contribution in [0.2, 0.25) is 25.7 Å². The van der Waals surface area contributed by atoms with Gasteiger partial charge in [-0.1, -0.05) is 19.6 Å². The molecule has 0 unspecified atom stereocenters. The number of hydrogen-bond donors (Lipinski definition) is 1. The van der Waals surface area contributed by atoms with Gasteiger partial charge in [0.1, 0.15) is 24.0 Å². The van der Waals surface area contributed by atoms with Crippen LogP contribution in [-0.2, 0) is 17.0 Å². The lowest BCUT2D eigenvalue weighted by atomic mass is 9.89. The minimum atomic E-state index is -1.14. The molecule has 4 rings (SSSR count). The molecule has 4 heterocycles. The molecule has 0 aliphatic carbocycles. The summed E-state index contributed by atoms with van der Waals surface area (Å²) in [5.74, 6) is 0. The first-order chi connectivity index (χ1) is 14.9. The first-order valence-electron chi connectivity index (χ1n) is 10.5. The van der Waals surface area contributed by atoms with Crippen LogP contribution < -0.4 is 5.32 Å². The number of nitrogens with one attached hydrogen (secondary N) is 1. The molecule has 0 saturated carbocycles. The smallest absolute Gasteiger partial charge is 0.142 e. The molecule has 8 nitrogen and oxygen atoms in total. The third kappa shape index (κ3) is 4.13. The molecule has 9 heteroatoms. The Hall–Kier alpha value is -2.98. The van der Waals surface area contributed by atoms with Gasteiger partial charge in [0.15, 0.2) is 0 Å². The molecule has 3 aromatic heterocycles. The minimum Gasteiger partial charge on any atom is -0.361 e. The van der Waals surface area contributed by atoms with Gasteiger partial charge in [-0.25, -0.2) is 4.98 Å². The van der Waals surface area contributed by atoms with Gasteiger partial charge in [0.2, 0.25) is 0 Å². The highest BCUT2D eigenvalue weighted by molar-refractivity contribution is 6.76. The molecule has 0 aromatic carbocycles. The Balaban J connectivity index is 1.65. The van der Waals surface area contributed by atoms with E-state index in [2.05, 4.69) is 47.2 Å². The Morgan fingerprint density at radius 2 is 2.06 bits per heavy atom. The molecule has 0 bridgehead atoms. The van der Waals surface area contributed by atoms with Crippen LogP contribution in [0, 0.1) is 22.7 Å². The van der Waals surface area contributed by atoms with Gasteiger partial charge in [0.25, 0.3) is 0 Å². The number of aromatic nitrogens is 4. The monoisotopic (exact) mass is 433 g/mol. The number of hydrogen-bond acceptors (Lipinski definition) is 6. The van der Waals surface area contributed by atoms with E-state index in [0.29, 0.717) is 31.8 Å². The van der Waals surface area contributed by atoms with Crippen molar-refractivity contribution in [3.8, 4) is 23.3 Å². The van der Waals surface area contributed by atoms with E-state index in [9.17, 15) is 10.5 Å².